The van der Waals surface area contributed by atoms with Crippen molar-refractivity contribution in [3.63, 3.8) is 0 Å². The Kier molecular flexibility index (Phi) is 4.05. The van der Waals surface area contributed by atoms with Gasteiger partial charge in [-0.2, -0.15) is 0 Å². The first-order valence-corrected chi connectivity index (χ1v) is 5.26. The van der Waals surface area contributed by atoms with E-state index in [1.165, 1.54) is 12.1 Å². The molecule has 0 aliphatic rings. The first-order valence-electron chi connectivity index (χ1n) is 4.88. The molecule has 0 saturated carbocycles. The molecule has 1 atom stereocenters. The highest BCUT2D eigenvalue weighted by Crippen LogP contribution is 2.33. The van der Waals surface area contributed by atoms with E-state index in [9.17, 15) is 8.78 Å². The highest BCUT2D eigenvalue weighted by molar-refractivity contribution is 6.30. The largest absolute Gasteiger partial charge is 0.327 e. The summed E-state index contributed by atoms with van der Waals surface area (Å²) in [5, 5.41) is 0.257. The Morgan fingerprint density at radius 1 is 1.47 bits per heavy atom. The lowest BCUT2D eigenvalue weighted by molar-refractivity contribution is 0.153. The maximum Gasteiger partial charge on any atom is 0.150 e. The van der Waals surface area contributed by atoms with Gasteiger partial charge in [-0.1, -0.05) is 31.0 Å². The summed E-state index contributed by atoms with van der Waals surface area (Å²) in [5.74, 6) is -0.635. The first-order chi connectivity index (χ1) is 7.03. The van der Waals surface area contributed by atoms with Crippen LogP contribution in [0.5, 0.6) is 0 Å². The Hall–Kier alpha value is -0.670. The second-order valence-corrected chi connectivity index (χ2v) is 3.98. The molecular weight excluding hydrogens is 220 g/mol. The molecule has 0 spiro atoms. The molecule has 1 nitrogen and oxygen atoms in total. The smallest absolute Gasteiger partial charge is 0.150 e. The van der Waals surface area contributed by atoms with Crippen molar-refractivity contribution in [3.05, 3.63) is 34.6 Å². The summed E-state index contributed by atoms with van der Waals surface area (Å²) in [4.78, 5) is 0. The van der Waals surface area contributed by atoms with Gasteiger partial charge >= 0.3 is 0 Å². The molecule has 0 heterocycles. The van der Waals surface area contributed by atoms with Gasteiger partial charge in [0, 0.05) is 17.1 Å². The predicted molar refractivity (Wildman–Crippen MR) is 58.2 cm³/mol. The minimum absolute atomic E-state index is 0.00347. The summed E-state index contributed by atoms with van der Waals surface area (Å²) in [6.45, 7) is 1.61. The summed E-state index contributed by atoms with van der Waals surface area (Å²) in [5.41, 5.74) is 3.57. The number of halogens is 3. The maximum absolute atomic E-state index is 14.2. The number of hydrogen-bond donors (Lipinski definition) is 1. The number of benzene rings is 1. The van der Waals surface area contributed by atoms with Gasteiger partial charge in [-0.05, 0) is 18.6 Å². The highest BCUT2D eigenvalue weighted by Gasteiger charge is 2.32. The van der Waals surface area contributed by atoms with Crippen molar-refractivity contribution in [2.24, 2.45) is 5.73 Å². The van der Waals surface area contributed by atoms with Gasteiger partial charge in [0.2, 0.25) is 0 Å². The SMILES string of the molecule is CCCC(F)(CN)c1ccc(Cl)cc1F. The van der Waals surface area contributed by atoms with E-state index in [1.807, 2.05) is 6.92 Å². The van der Waals surface area contributed by atoms with Gasteiger partial charge in [0.15, 0.2) is 5.67 Å². The van der Waals surface area contributed by atoms with Crippen molar-refractivity contribution in [1.82, 2.24) is 0 Å². The van der Waals surface area contributed by atoms with Crippen LogP contribution in [0.4, 0.5) is 8.78 Å². The van der Waals surface area contributed by atoms with Crippen molar-refractivity contribution in [3.8, 4) is 0 Å². The van der Waals surface area contributed by atoms with Crippen LogP contribution in [0.2, 0.25) is 5.02 Å². The molecule has 84 valence electrons. The molecule has 0 saturated heterocycles. The molecule has 15 heavy (non-hydrogen) atoms. The molecule has 1 aromatic carbocycles. The third kappa shape index (κ3) is 2.67. The lowest BCUT2D eigenvalue weighted by Gasteiger charge is -2.24. The molecule has 0 aliphatic carbocycles. The van der Waals surface area contributed by atoms with Gasteiger partial charge in [0.05, 0.1) is 0 Å². The Morgan fingerprint density at radius 2 is 2.13 bits per heavy atom. The van der Waals surface area contributed by atoms with E-state index in [1.54, 1.807) is 0 Å². The maximum atomic E-state index is 14.2. The Labute approximate surface area is 93.2 Å². The van der Waals surface area contributed by atoms with Gasteiger partial charge in [0.25, 0.3) is 0 Å². The van der Waals surface area contributed by atoms with Crippen LogP contribution in [0.25, 0.3) is 0 Å². The zero-order valence-electron chi connectivity index (χ0n) is 8.56. The number of hydrogen-bond acceptors (Lipinski definition) is 1. The molecular formula is C11H14ClF2N. The van der Waals surface area contributed by atoms with Crippen LogP contribution in [0.3, 0.4) is 0 Å². The molecule has 0 fully saturated rings. The molecule has 0 bridgehead atoms. The summed E-state index contributed by atoms with van der Waals surface area (Å²) in [7, 11) is 0. The number of rotatable bonds is 4. The molecule has 0 amide bonds. The molecule has 4 heteroatoms. The lowest BCUT2D eigenvalue weighted by atomic mass is 9.91. The lowest BCUT2D eigenvalue weighted by Crippen LogP contribution is -2.31. The van der Waals surface area contributed by atoms with Crippen molar-refractivity contribution in [2.45, 2.75) is 25.4 Å². The third-order valence-corrected chi connectivity index (χ3v) is 2.62. The van der Waals surface area contributed by atoms with Gasteiger partial charge < -0.3 is 5.73 Å². The summed E-state index contributed by atoms with van der Waals surface area (Å²) < 4.78 is 27.7. The van der Waals surface area contributed by atoms with Gasteiger partial charge in [-0.25, -0.2) is 8.78 Å². The summed E-state index contributed by atoms with van der Waals surface area (Å²) in [6, 6.07) is 3.94. The van der Waals surface area contributed by atoms with E-state index in [-0.39, 0.29) is 23.6 Å². The van der Waals surface area contributed by atoms with Crippen molar-refractivity contribution >= 4 is 11.6 Å². The van der Waals surface area contributed by atoms with Gasteiger partial charge in [-0.3, -0.25) is 0 Å². The second kappa shape index (κ2) is 4.90. The van der Waals surface area contributed by atoms with E-state index in [0.29, 0.717) is 6.42 Å². The molecule has 1 rings (SSSR count). The van der Waals surface area contributed by atoms with E-state index in [2.05, 4.69) is 0 Å². The zero-order chi connectivity index (χ0) is 11.5. The Morgan fingerprint density at radius 3 is 2.60 bits per heavy atom. The predicted octanol–water partition coefficient (Wildman–Crippen LogP) is 3.40. The summed E-state index contributed by atoms with van der Waals surface area (Å²) >= 11 is 5.59. The first kappa shape index (κ1) is 12.4. The van der Waals surface area contributed by atoms with Crippen LogP contribution >= 0.6 is 11.6 Å². The molecule has 0 aromatic heterocycles. The fraction of sp³-hybridized carbons (Fsp3) is 0.455. The molecule has 1 aromatic rings. The topological polar surface area (TPSA) is 26.0 Å². The Balaban J connectivity index is 3.12. The standard InChI is InChI=1S/C11H14ClF2N/c1-2-5-11(14,7-15)9-4-3-8(12)6-10(9)13/h3-4,6H,2,5,7,15H2,1H3. The molecule has 0 radical (unpaired) electrons. The minimum atomic E-state index is -1.79. The van der Waals surface area contributed by atoms with Crippen molar-refractivity contribution in [2.75, 3.05) is 6.54 Å². The average molecular weight is 234 g/mol. The van der Waals surface area contributed by atoms with Gasteiger partial charge in [0.1, 0.15) is 5.82 Å². The van der Waals surface area contributed by atoms with Crippen LogP contribution in [0, 0.1) is 5.82 Å². The molecule has 2 N–H and O–H groups in total. The second-order valence-electron chi connectivity index (χ2n) is 3.54. The average Bonchev–Trinajstić information content (AvgIpc) is 2.17. The van der Waals surface area contributed by atoms with Crippen LogP contribution in [-0.4, -0.2) is 6.54 Å². The monoisotopic (exact) mass is 233 g/mol. The van der Waals surface area contributed by atoms with Crippen LogP contribution < -0.4 is 5.73 Å². The van der Waals surface area contributed by atoms with Crippen LogP contribution in [0.15, 0.2) is 18.2 Å². The summed E-state index contributed by atoms with van der Waals surface area (Å²) in [6.07, 6.45) is 0.817. The van der Waals surface area contributed by atoms with Crippen molar-refractivity contribution < 1.29 is 8.78 Å². The van der Waals surface area contributed by atoms with E-state index in [4.69, 9.17) is 17.3 Å². The van der Waals surface area contributed by atoms with Crippen LogP contribution in [0.1, 0.15) is 25.3 Å². The van der Waals surface area contributed by atoms with Crippen molar-refractivity contribution in [1.29, 1.82) is 0 Å². The molecule has 0 aliphatic heterocycles. The quantitative estimate of drug-likeness (QED) is 0.848. The highest BCUT2D eigenvalue weighted by atomic mass is 35.5. The number of nitrogens with two attached hydrogens (primary N) is 1. The Bertz CT molecular complexity index is 343. The van der Waals surface area contributed by atoms with E-state index >= 15 is 0 Å². The van der Waals surface area contributed by atoms with E-state index < -0.39 is 11.5 Å². The van der Waals surface area contributed by atoms with Crippen LogP contribution in [-0.2, 0) is 5.67 Å². The fourth-order valence-electron chi connectivity index (χ4n) is 1.60. The normalized spacial score (nSPS) is 15.0. The van der Waals surface area contributed by atoms with E-state index in [0.717, 1.165) is 6.07 Å². The zero-order valence-corrected chi connectivity index (χ0v) is 9.32. The third-order valence-electron chi connectivity index (χ3n) is 2.38. The molecule has 1 unspecified atom stereocenters. The van der Waals surface area contributed by atoms with Gasteiger partial charge in [-0.15, -0.1) is 0 Å². The minimum Gasteiger partial charge on any atom is -0.327 e. The fourth-order valence-corrected chi connectivity index (χ4v) is 1.75. The number of alkyl halides is 1.